The molecule has 3 nitrogen and oxygen atoms in total. The first-order valence-electron chi connectivity index (χ1n) is 5.70. The summed E-state index contributed by atoms with van der Waals surface area (Å²) in [4.78, 5) is 4.41. The van der Waals surface area contributed by atoms with Gasteiger partial charge in [0.2, 0.25) is 0 Å². The van der Waals surface area contributed by atoms with Crippen molar-refractivity contribution in [1.82, 2.24) is 4.98 Å². The van der Waals surface area contributed by atoms with Gasteiger partial charge in [0.15, 0.2) is 0 Å². The van der Waals surface area contributed by atoms with Gasteiger partial charge in [-0.25, -0.2) is 0 Å². The number of ether oxygens (including phenoxy) is 1. The van der Waals surface area contributed by atoms with Gasteiger partial charge in [-0.3, -0.25) is 4.98 Å². The van der Waals surface area contributed by atoms with Crippen LogP contribution in [-0.4, -0.2) is 17.7 Å². The molecule has 0 saturated carbocycles. The number of pyridine rings is 1. The van der Waals surface area contributed by atoms with E-state index in [0.717, 1.165) is 16.5 Å². The zero-order chi connectivity index (χ0) is 12.5. The van der Waals surface area contributed by atoms with Gasteiger partial charge in [-0.15, -0.1) is 0 Å². The number of hydrogen-bond acceptors (Lipinski definition) is 3. The highest BCUT2D eigenvalue weighted by Gasteiger charge is 2.28. The standard InChI is InChI=1S/C14H18N2O/c1-14(2,17-3)13(15)11-8-4-6-10-7-5-9-16-12(10)11/h4-9,13H,15H2,1-3H3. The van der Waals surface area contributed by atoms with Crippen LogP contribution >= 0.6 is 0 Å². The molecule has 0 spiro atoms. The molecule has 2 rings (SSSR count). The Balaban J connectivity index is 2.56. The number of hydrogen-bond donors (Lipinski definition) is 1. The summed E-state index contributed by atoms with van der Waals surface area (Å²) in [7, 11) is 1.68. The molecule has 3 heteroatoms. The van der Waals surface area contributed by atoms with Gasteiger partial charge < -0.3 is 10.5 Å². The predicted molar refractivity (Wildman–Crippen MR) is 69.8 cm³/mol. The minimum Gasteiger partial charge on any atom is -0.377 e. The third-order valence-electron chi connectivity index (χ3n) is 3.27. The van der Waals surface area contributed by atoms with Crippen molar-refractivity contribution in [3.8, 4) is 0 Å². The summed E-state index contributed by atoms with van der Waals surface area (Å²) in [6.07, 6.45) is 1.79. The van der Waals surface area contributed by atoms with Gasteiger partial charge in [0, 0.05) is 18.7 Å². The van der Waals surface area contributed by atoms with Crippen LogP contribution < -0.4 is 5.73 Å². The molecule has 0 bridgehead atoms. The fraction of sp³-hybridized carbons (Fsp3) is 0.357. The monoisotopic (exact) mass is 230 g/mol. The second-order valence-corrected chi connectivity index (χ2v) is 4.71. The summed E-state index contributed by atoms with van der Waals surface area (Å²) in [6, 6.07) is 9.83. The summed E-state index contributed by atoms with van der Waals surface area (Å²) < 4.78 is 5.45. The lowest BCUT2D eigenvalue weighted by Crippen LogP contribution is -2.37. The van der Waals surface area contributed by atoms with Crippen LogP contribution in [0.15, 0.2) is 36.5 Å². The normalized spacial score (nSPS) is 13.9. The predicted octanol–water partition coefficient (Wildman–Crippen LogP) is 2.66. The minimum atomic E-state index is -0.411. The highest BCUT2D eigenvalue weighted by Crippen LogP contribution is 2.30. The molecule has 0 aliphatic carbocycles. The Labute approximate surface area is 102 Å². The zero-order valence-corrected chi connectivity index (χ0v) is 10.5. The van der Waals surface area contributed by atoms with Crippen molar-refractivity contribution >= 4 is 10.9 Å². The summed E-state index contributed by atoms with van der Waals surface area (Å²) in [5, 5.41) is 1.10. The zero-order valence-electron chi connectivity index (χ0n) is 10.5. The first-order chi connectivity index (χ1) is 8.06. The largest absolute Gasteiger partial charge is 0.377 e. The number of nitrogens with zero attached hydrogens (tertiary/aromatic N) is 1. The van der Waals surface area contributed by atoms with E-state index in [1.807, 2.05) is 44.2 Å². The second-order valence-electron chi connectivity index (χ2n) is 4.71. The van der Waals surface area contributed by atoms with E-state index in [4.69, 9.17) is 10.5 Å². The van der Waals surface area contributed by atoms with Crippen molar-refractivity contribution in [2.24, 2.45) is 5.73 Å². The molecule has 0 radical (unpaired) electrons. The van der Waals surface area contributed by atoms with Gasteiger partial charge >= 0.3 is 0 Å². The first-order valence-corrected chi connectivity index (χ1v) is 5.70. The van der Waals surface area contributed by atoms with E-state index in [1.54, 1.807) is 13.3 Å². The lowest BCUT2D eigenvalue weighted by atomic mass is 9.91. The van der Waals surface area contributed by atoms with Crippen molar-refractivity contribution in [3.63, 3.8) is 0 Å². The summed E-state index contributed by atoms with van der Waals surface area (Å²) >= 11 is 0. The molecular formula is C14H18N2O. The molecule has 1 aromatic carbocycles. The molecule has 17 heavy (non-hydrogen) atoms. The number of rotatable bonds is 3. The van der Waals surface area contributed by atoms with E-state index in [1.165, 1.54) is 0 Å². The molecule has 0 aliphatic rings. The van der Waals surface area contributed by atoms with Crippen LogP contribution in [0.4, 0.5) is 0 Å². The van der Waals surface area contributed by atoms with Gasteiger partial charge in [0.25, 0.3) is 0 Å². The molecule has 2 N–H and O–H groups in total. The topological polar surface area (TPSA) is 48.1 Å². The van der Waals surface area contributed by atoms with Gasteiger partial charge in [-0.1, -0.05) is 24.3 Å². The van der Waals surface area contributed by atoms with Crippen molar-refractivity contribution in [3.05, 3.63) is 42.1 Å². The molecule has 0 fully saturated rings. The van der Waals surface area contributed by atoms with Gasteiger partial charge in [-0.05, 0) is 25.5 Å². The van der Waals surface area contributed by atoms with Crippen molar-refractivity contribution < 1.29 is 4.74 Å². The highest BCUT2D eigenvalue weighted by atomic mass is 16.5. The maximum absolute atomic E-state index is 6.28. The van der Waals surface area contributed by atoms with Crippen LogP contribution in [0.1, 0.15) is 25.5 Å². The molecule has 90 valence electrons. The lowest BCUT2D eigenvalue weighted by Gasteiger charge is -2.30. The number of methoxy groups -OCH3 is 1. The van der Waals surface area contributed by atoms with E-state index in [2.05, 4.69) is 4.98 Å². The van der Waals surface area contributed by atoms with E-state index in [-0.39, 0.29) is 6.04 Å². The van der Waals surface area contributed by atoms with Crippen molar-refractivity contribution in [2.75, 3.05) is 7.11 Å². The van der Waals surface area contributed by atoms with E-state index in [0.29, 0.717) is 0 Å². The maximum atomic E-state index is 6.28. The van der Waals surface area contributed by atoms with Crippen LogP contribution in [0, 0.1) is 0 Å². The fourth-order valence-electron chi connectivity index (χ4n) is 1.88. The Morgan fingerprint density at radius 1 is 1.24 bits per heavy atom. The van der Waals surface area contributed by atoms with Gasteiger partial charge in [0.05, 0.1) is 17.2 Å². The first kappa shape index (κ1) is 12.0. The summed E-state index contributed by atoms with van der Waals surface area (Å²) in [6.45, 7) is 3.97. The molecule has 0 saturated heterocycles. The van der Waals surface area contributed by atoms with Crippen LogP contribution in [-0.2, 0) is 4.74 Å². The molecule has 0 aliphatic heterocycles. The Bertz CT molecular complexity index is 517. The summed E-state index contributed by atoms with van der Waals surface area (Å²) in [5.41, 5.74) is 7.85. The SMILES string of the molecule is COC(C)(C)C(N)c1cccc2cccnc12. The molecule has 0 amide bonds. The number of benzene rings is 1. The Morgan fingerprint density at radius 2 is 1.94 bits per heavy atom. The quantitative estimate of drug-likeness (QED) is 0.881. The van der Waals surface area contributed by atoms with E-state index >= 15 is 0 Å². The third kappa shape index (κ3) is 2.16. The van der Waals surface area contributed by atoms with Crippen LogP contribution in [0.5, 0.6) is 0 Å². The number of para-hydroxylation sites is 1. The Hall–Kier alpha value is -1.45. The van der Waals surface area contributed by atoms with Crippen LogP contribution in [0.25, 0.3) is 10.9 Å². The molecule has 1 heterocycles. The second kappa shape index (κ2) is 4.43. The molecule has 1 aromatic heterocycles. The smallest absolute Gasteiger partial charge is 0.0815 e. The van der Waals surface area contributed by atoms with Crippen LogP contribution in [0.3, 0.4) is 0 Å². The van der Waals surface area contributed by atoms with Gasteiger partial charge in [-0.2, -0.15) is 0 Å². The Morgan fingerprint density at radius 3 is 2.65 bits per heavy atom. The molecule has 1 atom stereocenters. The fourth-order valence-corrected chi connectivity index (χ4v) is 1.88. The van der Waals surface area contributed by atoms with E-state index in [9.17, 15) is 0 Å². The molecule has 2 aromatic rings. The van der Waals surface area contributed by atoms with E-state index < -0.39 is 5.60 Å². The van der Waals surface area contributed by atoms with Gasteiger partial charge in [0.1, 0.15) is 0 Å². The number of fused-ring (bicyclic) bond motifs is 1. The average Bonchev–Trinajstić information content (AvgIpc) is 2.37. The lowest BCUT2D eigenvalue weighted by molar-refractivity contribution is 0.000282. The third-order valence-corrected chi connectivity index (χ3v) is 3.27. The molecular weight excluding hydrogens is 212 g/mol. The van der Waals surface area contributed by atoms with Crippen molar-refractivity contribution in [1.29, 1.82) is 0 Å². The molecule has 1 unspecified atom stereocenters. The average molecular weight is 230 g/mol. The minimum absolute atomic E-state index is 0.203. The number of nitrogens with two attached hydrogens (primary N) is 1. The maximum Gasteiger partial charge on any atom is 0.0815 e. The highest BCUT2D eigenvalue weighted by molar-refractivity contribution is 5.82. The summed E-state index contributed by atoms with van der Waals surface area (Å²) in [5.74, 6) is 0. The Kier molecular flexibility index (Phi) is 3.13. The van der Waals surface area contributed by atoms with Crippen molar-refractivity contribution in [2.45, 2.75) is 25.5 Å². The van der Waals surface area contributed by atoms with Crippen LogP contribution in [0.2, 0.25) is 0 Å². The number of aromatic nitrogens is 1.